The first-order valence-corrected chi connectivity index (χ1v) is 14.9. The molecule has 7 atom stereocenters. The molecule has 3 aliphatic rings. The van der Waals surface area contributed by atoms with Gasteiger partial charge in [-0.3, -0.25) is 14.4 Å². The van der Waals surface area contributed by atoms with E-state index in [1.807, 2.05) is 76.2 Å². The van der Waals surface area contributed by atoms with Crippen LogP contribution in [0.2, 0.25) is 0 Å². The number of anilines is 1. The van der Waals surface area contributed by atoms with E-state index in [0.29, 0.717) is 13.0 Å². The number of amides is 3. The van der Waals surface area contributed by atoms with Crippen LogP contribution in [0.15, 0.2) is 48.5 Å². The van der Waals surface area contributed by atoms with Crippen LogP contribution in [0, 0.1) is 31.6 Å². The second kappa shape index (κ2) is 11.0. The van der Waals surface area contributed by atoms with Crippen molar-refractivity contribution in [1.29, 1.82) is 0 Å². The summed E-state index contributed by atoms with van der Waals surface area (Å²) in [6, 6.07) is 14.4. The number of carbonyl (C=O) groups excluding carboxylic acids is 3. The van der Waals surface area contributed by atoms with Crippen LogP contribution in [0.1, 0.15) is 49.8 Å². The van der Waals surface area contributed by atoms with E-state index in [1.54, 1.807) is 16.7 Å². The van der Waals surface area contributed by atoms with E-state index in [1.165, 1.54) is 0 Å². The van der Waals surface area contributed by atoms with Crippen molar-refractivity contribution in [1.82, 2.24) is 10.2 Å². The van der Waals surface area contributed by atoms with Crippen molar-refractivity contribution in [3.05, 3.63) is 65.2 Å². The largest absolute Gasteiger partial charge is 0.394 e. The first-order valence-electron chi connectivity index (χ1n) is 14.0. The van der Waals surface area contributed by atoms with E-state index < -0.39 is 28.7 Å². The minimum atomic E-state index is -0.761. The molecule has 0 aromatic heterocycles. The predicted molar refractivity (Wildman–Crippen MR) is 154 cm³/mol. The zero-order valence-corrected chi connectivity index (χ0v) is 24.0. The summed E-state index contributed by atoms with van der Waals surface area (Å²) in [6.45, 7) is 8.13. The first-order chi connectivity index (χ1) is 18.7. The lowest BCUT2D eigenvalue weighted by atomic mass is 9.70. The highest BCUT2D eigenvalue weighted by Crippen LogP contribution is 2.66. The number of thioether (sulfide) groups is 1. The third-order valence-electron chi connectivity index (χ3n) is 9.09. The molecule has 7 nitrogen and oxygen atoms in total. The maximum atomic E-state index is 14.3. The quantitative estimate of drug-likeness (QED) is 0.438. The molecule has 5 rings (SSSR count). The molecule has 3 N–H and O–H groups in total. The third kappa shape index (κ3) is 4.76. The number of aliphatic hydroxyl groups excluding tert-OH is 1. The fraction of sp³-hybridized carbons (Fsp3) is 0.516. The number of aryl methyl sites for hydroxylation is 2. The van der Waals surface area contributed by atoms with Crippen molar-refractivity contribution >= 4 is 35.2 Å². The van der Waals surface area contributed by atoms with E-state index in [9.17, 15) is 19.5 Å². The van der Waals surface area contributed by atoms with E-state index in [2.05, 4.69) is 10.6 Å². The Morgan fingerprint density at radius 1 is 1.15 bits per heavy atom. The lowest BCUT2D eigenvalue weighted by Gasteiger charge is -2.39. The fourth-order valence-corrected chi connectivity index (χ4v) is 9.04. The minimum absolute atomic E-state index is 0.00209. The molecule has 3 aliphatic heterocycles. The van der Waals surface area contributed by atoms with Crippen LogP contribution >= 0.6 is 11.8 Å². The zero-order valence-electron chi connectivity index (χ0n) is 23.1. The molecule has 0 radical (unpaired) electrons. The molecule has 0 saturated carbocycles. The number of fused-ring (bicyclic) bond motifs is 1. The summed E-state index contributed by atoms with van der Waals surface area (Å²) in [5, 5.41) is 16.7. The van der Waals surface area contributed by atoms with E-state index in [-0.39, 0.29) is 35.5 Å². The van der Waals surface area contributed by atoms with Crippen molar-refractivity contribution < 1.29 is 19.5 Å². The molecule has 0 aliphatic carbocycles. The number of hydrogen-bond donors (Lipinski definition) is 3. The number of aliphatic hydroxyl groups is 1. The molecule has 2 unspecified atom stereocenters. The Hall–Kier alpha value is -2.84. The van der Waals surface area contributed by atoms with Crippen LogP contribution in [-0.2, 0) is 20.9 Å². The molecule has 208 valence electrons. The second-order valence-electron chi connectivity index (χ2n) is 11.4. The molecule has 2 aromatic carbocycles. The third-order valence-corrected chi connectivity index (χ3v) is 11.0. The van der Waals surface area contributed by atoms with Gasteiger partial charge in [-0.15, -0.1) is 11.8 Å². The van der Waals surface area contributed by atoms with Crippen molar-refractivity contribution in [3.63, 3.8) is 0 Å². The molecular formula is C31H39N3O4S. The van der Waals surface area contributed by atoms with Crippen molar-refractivity contribution in [2.45, 2.75) is 75.6 Å². The van der Waals surface area contributed by atoms with Gasteiger partial charge >= 0.3 is 0 Å². The molecular weight excluding hydrogens is 510 g/mol. The number of rotatable bonds is 9. The molecule has 2 aromatic rings. The Balaban J connectivity index is 1.49. The molecule has 8 heteroatoms. The van der Waals surface area contributed by atoms with Gasteiger partial charge in [-0.05, 0) is 55.4 Å². The Bertz CT molecular complexity index is 1250. The summed E-state index contributed by atoms with van der Waals surface area (Å²) in [4.78, 5) is 43.8. The summed E-state index contributed by atoms with van der Waals surface area (Å²) in [5.41, 5.74) is 3.70. The zero-order chi connectivity index (χ0) is 27.9. The number of benzene rings is 2. The van der Waals surface area contributed by atoms with Gasteiger partial charge in [-0.2, -0.15) is 0 Å². The lowest BCUT2D eigenvalue weighted by molar-refractivity contribution is -0.143. The fourth-order valence-electron chi connectivity index (χ4n) is 6.84. The van der Waals surface area contributed by atoms with Crippen LogP contribution < -0.4 is 10.6 Å². The number of nitrogens with zero attached hydrogens (tertiary/aromatic N) is 1. The highest BCUT2D eigenvalue weighted by atomic mass is 32.2. The van der Waals surface area contributed by atoms with E-state index in [0.717, 1.165) is 35.2 Å². The maximum Gasteiger partial charge on any atom is 0.248 e. The highest BCUT2D eigenvalue weighted by molar-refractivity contribution is 8.02. The van der Waals surface area contributed by atoms with Gasteiger partial charge in [0.2, 0.25) is 17.7 Å². The Morgan fingerprint density at radius 2 is 1.90 bits per heavy atom. The topological polar surface area (TPSA) is 98.7 Å². The summed E-state index contributed by atoms with van der Waals surface area (Å²) in [6.07, 6.45) is 2.24. The molecule has 3 amide bonds. The average molecular weight is 550 g/mol. The SMILES string of the molecule is CC[C@H](C)[C@H](CO)N1C(=O)[C@@H]2[C@H](C(=O)NCc3ccccc3)[C@@H]3CCC2(S3)C1C(=O)Nc1cc(C)ccc1C. The van der Waals surface area contributed by atoms with Gasteiger partial charge in [-0.1, -0.05) is 62.7 Å². The van der Waals surface area contributed by atoms with Gasteiger partial charge in [0.25, 0.3) is 0 Å². The minimum Gasteiger partial charge on any atom is -0.394 e. The van der Waals surface area contributed by atoms with Crippen molar-refractivity contribution in [3.8, 4) is 0 Å². The molecule has 3 heterocycles. The van der Waals surface area contributed by atoms with Crippen LogP contribution in [0.25, 0.3) is 0 Å². The summed E-state index contributed by atoms with van der Waals surface area (Å²) >= 11 is 1.65. The molecule has 3 saturated heterocycles. The van der Waals surface area contributed by atoms with Gasteiger partial charge in [0.15, 0.2) is 0 Å². The number of carbonyl (C=O) groups is 3. The molecule has 39 heavy (non-hydrogen) atoms. The Morgan fingerprint density at radius 3 is 2.59 bits per heavy atom. The highest BCUT2D eigenvalue weighted by Gasteiger charge is 2.74. The normalized spacial score (nSPS) is 28.7. The van der Waals surface area contributed by atoms with Crippen LogP contribution in [0.5, 0.6) is 0 Å². The second-order valence-corrected chi connectivity index (χ2v) is 13.0. The van der Waals surface area contributed by atoms with Crippen molar-refractivity contribution in [2.75, 3.05) is 11.9 Å². The summed E-state index contributed by atoms with van der Waals surface area (Å²) in [5.74, 6) is -1.64. The van der Waals surface area contributed by atoms with Gasteiger partial charge < -0.3 is 20.6 Å². The monoisotopic (exact) mass is 549 g/mol. The average Bonchev–Trinajstić information content (AvgIpc) is 3.58. The lowest BCUT2D eigenvalue weighted by Crippen LogP contribution is -2.56. The number of likely N-dealkylation sites (tertiary alicyclic amines) is 1. The summed E-state index contributed by atoms with van der Waals surface area (Å²) < 4.78 is -0.695. The summed E-state index contributed by atoms with van der Waals surface area (Å²) in [7, 11) is 0. The van der Waals surface area contributed by atoms with E-state index in [4.69, 9.17) is 0 Å². The van der Waals surface area contributed by atoms with Gasteiger partial charge in [0.05, 0.1) is 29.2 Å². The van der Waals surface area contributed by atoms with Gasteiger partial charge in [0, 0.05) is 17.5 Å². The van der Waals surface area contributed by atoms with Crippen LogP contribution in [0.3, 0.4) is 0 Å². The smallest absolute Gasteiger partial charge is 0.248 e. The van der Waals surface area contributed by atoms with Crippen LogP contribution in [0.4, 0.5) is 5.69 Å². The molecule has 3 fully saturated rings. The number of nitrogens with one attached hydrogen (secondary N) is 2. The predicted octanol–water partition coefficient (Wildman–Crippen LogP) is 4.06. The molecule has 1 spiro atoms. The first kappa shape index (κ1) is 27.7. The van der Waals surface area contributed by atoms with Crippen molar-refractivity contribution in [2.24, 2.45) is 17.8 Å². The van der Waals surface area contributed by atoms with Crippen LogP contribution in [-0.4, -0.2) is 56.4 Å². The van der Waals surface area contributed by atoms with Gasteiger partial charge in [-0.25, -0.2) is 0 Å². The van der Waals surface area contributed by atoms with E-state index >= 15 is 0 Å². The standard InChI is InChI=1S/C31H39N3O4S/c1-5-19(3)23(17-35)34-27(29(37)33-22-15-18(2)11-12-20(22)4)31-14-13-24(39-31)25(26(31)30(34)38)28(36)32-16-21-9-7-6-8-10-21/h6-12,15,19,23-27,35H,5,13-14,16-17H2,1-4H3,(H,32,36)(H,33,37)/t19-,23-,24-,25+,26-,27?,31?/m0/s1. The van der Waals surface area contributed by atoms with Gasteiger partial charge in [0.1, 0.15) is 6.04 Å². The molecule has 2 bridgehead atoms. The number of hydrogen-bond acceptors (Lipinski definition) is 5. The Kier molecular flexibility index (Phi) is 7.80. The Labute approximate surface area is 235 Å². The maximum absolute atomic E-state index is 14.3.